The summed E-state index contributed by atoms with van der Waals surface area (Å²) < 4.78 is 67.6. The van der Waals surface area contributed by atoms with E-state index in [1.165, 1.54) is 6.20 Å². The summed E-state index contributed by atoms with van der Waals surface area (Å²) in [7, 11) is 0. The van der Waals surface area contributed by atoms with Crippen LogP contribution in [-0.2, 0) is 0 Å². The van der Waals surface area contributed by atoms with Gasteiger partial charge in [0.15, 0.2) is 17.5 Å². The van der Waals surface area contributed by atoms with Crippen LogP contribution < -0.4 is 5.32 Å². The first-order valence-corrected chi connectivity index (χ1v) is 7.01. The molecule has 1 heterocycles. The molecule has 2 aromatic carbocycles. The number of aromatic nitrogens is 1. The number of hydrogen-bond acceptors (Lipinski definition) is 2. The molecule has 0 aliphatic rings. The summed E-state index contributed by atoms with van der Waals surface area (Å²) in [6.07, 6.45) is 1.23. The van der Waals surface area contributed by atoms with Gasteiger partial charge in [-0.25, -0.2) is 26.9 Å². The maximum atomic E-state index is 13.9. The topological polar surface area (TPSA) is 24.9 Å². The second-order valence-electron chi connectivity index (χ2n) is 4.61. The average molecular weight is 389 g/mol. The number of fused-ring (bicyclic) bond motifs is 1. The van der Waals surface area contributed by atoms with E-state index in [0.717, 1.165) is 18.2 Å². The van der Waals surface area contributed by atoms with Gasteiger partial charge in [-0.3, -0.25) is 0 Å². The van der Waals surface area contributed by atoms with Crippen molar-refractivity contribution in [2.45, 2.75) is 0 Å². The first-order chi connectivity index (χ1) is 10.9. The largest absolute Gasteiger partial charge is 0.337 e. The van der Waals surface area contributed by atoms with Crippen molar-refractivity contribution in [3.8, 4) is 0 Å². The quantitative estimate of drug-likeness (QED) is 0.467. The molecule has 0 unspecified atom stereocenters. The SMILES string of the molecule is Fc1cc(F)c2c(Br)cnc(Nc3ccc(F)c(F)c3F)c2c1. The van der Waals surface area contributed by atoms with Crippen molar-refractivity contribution in [3.63, 3.8) is 0 Å². The summed E-state index contributed by atoms with van der Waals surface area (Å²) >= 11 is 3.09. The van der Waals surface area contributed by atoms with E-state index >= 15 is 0 Å². The van der Waals surface area contributed by atoms with E-state index in [1.54, 1.807) is 0 Å². The Morgan fingerprint density at radius 1 is 0.913 bits per heavy atom. The van der Waals surface area contributed by atoms with Crippen LogP contribution in [0.2, 0.25) is 0 Å². The van der Waals surface area contributed by atoms with Crippen LogP contribution in [0.25, 0.3) is 10.8 Å². The van der Waals surface area contributed by atoms with Gasteiger partial charge >= 0.3 is 0 Å². The maximum Gasteiger partial charge on any atom is 0.196 e. The molecule has 1 N–H and O–H groups in total. The number of halogens is 6. The first-order valence-electron chi connectivity index (χ1n) is 6.22. The molecule has 0 saturated carbocycles. The minimum absolute atomic E-state index is 0.0148. The lowest BCUT2D eigenvalue weighted by atomic mass is 10.1. The van der Waals surface area contributed by atoms with Crippen LogP contribution in [0.5, 0.6) is 0 Å². The van der Waals surface area contributed by atoms with E-state index in [0.29, 0.717) is 6.07 Å². The number of benzene rings is 2. The van der Waals surface area contributed by atoms with Crippen molar-refractivity contribution in [1.29, 1.82) is 0 Å². The van der Waals surface area contributed by atoms with Gasteiger partial charge in [-0.2, -0.15) is 0 Å². The predicted molar refractivity (Wildman–Crippen MR) is 79.0 cm³/mol. The Morgan fingerprint density at radius 3 is 2.39 bits per heavy atom. The van der Waals surface area contributed by atoms with Crippen LogP contribution in [0, 0.1) is 29.1 Å². The van der Waals surface area contributed by atoms with E-state index in [1.807, 2.05) is 0 Å². The minimum atomic E-state index is -1.66. The number of rotatable bonds is 2. The van der Waals surface area contributed by atoms with Crippen LogP contribution in [0.3, 0.4) is 0 Å². The van der Waals surface area contributed by atoms with Crippen molar-refractivity contribution in [1.82, 2.24) is 4.98 Å². The zero-order chi connectivity index (χ0) is 16.7. The van der Waals surface area contributed by atoms with E-state index in [4.69, 9.17) is 0 Å². The van der Waals surface area contributed by atoms with Crippen LogP contribution >= 0.6 is 15.9 Å². The van der Waals surface area contributed by atoms with Gasteiger partial charge in [0.25, 0.3) is 0 Å². The number of pyridine rings is 1. The number of nitrogens with zero attached hydrogens (tertiary/aromatic N) is 1. The molecule has 23 heavy (non-hydrogen) atoms. The highest BCUT2D eigenvalue weighted by atomic mass is 79.9. The van der Waals surface area contributed by atoms with Crippen molar-refractivity contribution in [2.75, 3.05) is 5.32 Å². The molecular weight excluding hydrogens is 383 g/mol. The molecule has 0 atom stereocenters. The van der Waals surface area contributed by atoms with Gasteiger partial charge in [-0.1, -0.05) is 0 Å². The zero-order valence-electron chi connectivity index (χ0n) is 11.1. The molecule has 0 saturated heterocycles. The van der Waals surface area contributed by atoms with Crippen molar-refractivity contribution < 1.29 is 22.0 Å². The third kappa shape index (κ3) is 2.74. The lowest BCUT2D eigenvalue weighted by Gasteiger charge is -2.12. The maximum absolute atomic E-state index is 13.9. The summed E-state index contributed by atoms with van der Waals surface area (Å²) in [5.74, 6) is -6.27. The van der Waals surface area contributed by atoms with Gasteiger partial charge in [-0.15, -0.1) is 0 Å². The van der Waals surface area contributed by atoms with Crippen LogP contribution in [0.15, 0.2) is 34.9 Å². The predicted octanol–water partition coefficient (Wildman–Crippen LogP) is 5.44. The Balaban J connectivity index is 2.18. The summed E-state index contributed by atoms with van der Waals surface area (Å²) in [4.78, 5) is 3.90. The van der Waals surface area contributed by atoms with Gasteiger partial charge in [0.2, 0.25) is 0 Å². The number of hydrogen-bond donors (Lipinski definition) is 1. The van der Waals surface area contributed by atoms with Crippen molar-refractivity contribution in [2.24, 2.45) is 0 Å². The lowest BCUT2D eigenvalue weighted by molar-refractivity contribution is 0.449. The average Bonchev–Trinajstić information content (AvgIpc) is 2.49. The molecule has 3 aromatic rings. The highest BCUT2D eigenvalue weighted by Gasteiger charge is 2.17. The Labute approximate surface area is 135 Å². The van der Waals surface area contributed by atoms with Gasteiger partial charge < -0.3 is 5.32 Å². The number of nitrogens with one attached hydrogen (secondary N) is 1. The minimum Gasteiger partial charge on any atom is -0.337 e. The summed E-state index contributed by atoms with van der Waals surface area (Å²) in [6, 6.07) is 3.37. The Kier molecular flexibility index (Phi) is 3.93. The molecule has 2 nitrogen and oxygen atoms in total. The standard InChI is InChI=1S/C15H6BrF5N2/c16-8-5-22-15(7-3-6(17)4-10(19)12(7)8)23-11-2-1-9(18)13(20)14(11)21/h1-5H,(H,22,23). The van der Waals surface area contributed by atoms with E-state index in [9.17, 15) is 22.0 Å². The normalized spacial score (nSPS) is 11.0. The second kappa shape index (κ2) is 5.77. The molecule has 118 valence electrons. The fourth-order valence-electron chi connectivity index (χ4n) is 2.11. The fourth-order valence-corrected chi connectivity index (χ4v) is 2.61. The first kappa shape index (κ1) is 15.7. The summed E-state index contributed by atoms with van der Waals surface area (Å²) in [5, 5.41) is 2.45. The molecule has 3 rings (SSSR count). The molecule has 0 aliphatic carbocycles. The van der Waals surface area contributed by atoms with Gasteiger partial charge in [0.1, 0.15) is 17.5 Å². The molecule has 1 aromatic heterocycles. The molecule has 0 bridgehead atoms. The lowest BCUT2D eigenvalue weighted by Crippen LogP contribution is -2.01. The summed E-state index contributed by atoms with van der Waals surface area (Å²) in [5.41, 5.74) is -0.412. The summed E-state index contributed by atoms with van der Waals surface area (Å²) in [6.45, 7) is 0. The third-order valence-electron chi connectivity index (χ3n) is 3.14. The smallest absolute Gasteiger partial charge is 0.196 e. The van der Waals surface area contributed by atoms with Crippen molar-refractivity contribution >= 4 is 38.2 Å². The van der Waals surface area contributed by atoms with Gasteiger partial charge in [-0.05, 0) is 34.1 Å². The zero-order valence-corrected chi connectivity index (χ0v) is 12.7. The van der Waals surface area contributed by atoms with E-state index in [-0.39, 0.29) is 21.1 Å². The van der Waals surface area contributed by atoms with Gasteiger partial charge in [0, 0.05) is 27.5 Å². The Morgan fingerprint density at radius 2 is 1.65 bits per heavy atom. The highest BCUT2D eigenvalue weighted by Crippen LogP contribution is 2.33. The van der Waals surface area contributed by atoms with Crippen molar-refractivity contribution in [3.05, 3.63) is 64.0 Å². The van der Waals surface area contributed by atoms with E-state index in [2.05, 4.69) is 26.2 Å². The monoisotopic (exact) mass is 388 g/mol. The fraction of sp³-hybridized carbons (Fsp3) is 0. The molecule has 0 fully saturated rings. The second-order valence-corrected chi connectivity index (χ2v) is 5.47. The third-order valence-corrected chi connectivity index (χ3v) is 3.75. The Bertz CT molecular complexity index is 930. The van der Waals surface area contributed by atoms with Crippen LogP contribution in [0.4, 0.5) is 33.5 Å². The molecule has 0 spiro atoms. The Hall–Kier alpha value is -2.22. The molecule has 0 amide bonds. The number of anilines is 2. The van der Waals surface area contributed by atoms with Crippen LogP contribution in [0.1, 0.15) is 0 Å². The molecule has 8 heteroatoms. The highest BCUT2D eigenvalue weighted by molar-refractivity contribution is 9.10. The van der Waals surface area contributed by atoms with E-state index < -0.39 is 34.8 Å². The van der Waals surface area contributed by atoms with Crippen LogP contribution in [-0.4, -0.2) is 4.98 Å². The molecule has 0 aliphatic heterocycles. The van der Waals surface area contributed by atoms with Gasteiger partial charge in [0.05, 0.1) is 5.69 Å². The molecular formula is C15H6BrF5N2. The molecule has 0 radical (unpaired) electrons.